The molecule has 6 rings (SSSR count). The maximum Gasteiger partial charge on any atom is 0.416 e. The number of fused-ring (bicyclic) bond motifs is 4. The Morgan fingerprint density at radius 3 is 2.33 bits per heavy atom. The highest BCUT2D eigenvalue weighted by Crippen LogP contribution is 2.60. The summed E-state index contributed by atoms with van der Waals surface area (Å²) in [7, 11) is 0. The minimum absolute atomic E-state index is 0.0739. The summed E-state index contributed by atoms with van der Waals surface area (Å²) in [6, 6.07) is 5.08. The zero-order valence-electron chi connectivity index (χ0n) is 22.3. The van der Waals surface area contributed by atoms with Crippen molar-refractivity contribution >= 4 is 11.8 Å². The minimum atomic E-state index is -4.44. The predicted octanol–water partition coefficient (Wildman–Crippen LogP) is 5.99. The molecule has 0 radical (unpaired) electrons. The second-order valence-corrected chi connectivity index (χ2v) is 11.6. The largest absolute Gasteiger partial charge is 0.416 e. The quantitative estimate of drug-likeness (QED) is 0.506. The first kappa shape index (κ1) is 26.5. The van der Waals surface area contributed by atoms with E-state index in [1.165, 1.54) is 19.1 Å². The second kappa shape index (κ2) is 9.17. The predicted molar refractivity (Wildman–Crippen MR) is 135 cm³/mol. The summed E-state index contributed by atoms with van der Waals surface area (Å²) < 4.78 is 52.5. The minimum Gasteiger partial charge on any atom is -0.388 e. The van der Waals surface area contributed by atoms with Gasteiger partial charge in [0, 0.05) is 56.1 Å². The van der Waals surface area contributed by atoms with Gasteiger partial charge >= 0.3 is 12.1 Å². The van der Waals surface area contributed by atoms with E-state index < -0.39 is 41.1 Å². The number of ether oxygens (including phenoxy) is 2. The van der Waals surface area contributed by atoms with E-state index in [9.17, 15) is 23.1 Å². The Bertz CT molecular complexity index is 1280. The van der Waals surface area contributed by atoms with E-state index in [0.29, 0.717) is 49.4 Å². The molecule has 0 bridgehead atoms. The lowest BCUT2D eigenvalue weighted by Crippen LogP contribution is -2.58. The molecule has 210 valence electrons. The van der Waals surface area contributed by atoms with Gasteiger partial charge in [0.1, 0.15) is 6.10 Å². The van der Waals surface area contributed by atoms with Gasteiger partial charge in [0.25, 0.3) is 0 Å². The summed E-state index contributed by atoms with van der Waals surface area (Å²) in [5, 5.41) is 13.3. The van der Waals surface area contributed by atoms with E-state index in [2.05, 4.69) is 0 Å². The first-order chi connectivity index (χ1) is 18.5. The Labute approximate surface area is 225 Å². The fraction of sp³-hybridized carbons (Fsp3) is 0.586. The fourth-order valence-electron chi connectivity index (χ4n) is 6.81. The molecule has 3 aliphatic heterocycles. The van der Waals surface area contributed by atoms with Gasteiger partial charge in [-0.05, 0) is 42.9 Å². The molecular weight excluding hydrogens is 513 g/mol. The summed E-state index contributed by atoms with van der Waals surface area (Å²) in [5.74, 6) is -0.0968. The number of carbonyl (C=O) groups is 1. The smallest absolute Gasteiger partial charge is 0.388 e. The topological polar surface area (TPSA) is 81.1 Å². The molecule has 1 aromatic heterocycles. The number of aromatic nitrogens is 1. The van der Waals surface area contributed by atoms with Crippen LogP contribution in [-0.4, -0.2) is 34.8 Å². The summed E-state index contributed by atoms with van der Waals surface area (Å²) in [6.07, 6.45) is -2.02. The number of hydrogen-bond donors (Lipinski definition) is 1. The molecule has 39 heavy (non-hydrogen) atoms. The molecule has 0 amide bonds. The number of alkyl halides is 3. The lowest BCUT2D eigenvalue weighted by Gasteiger charge is -2.53. The van der Waals surface area contributed by atoms with Crippen LogP contribution in [0.5, 0.6) is 0 Å². The van der Waals surface area contributed by atoms with Gasteiger partial charge in [-0.1, -0.05) is 26.0 Å². The molecule has 1 aromatic carbocycles. The lowest BCUT2D eigenvalue weighted by molar-refractivity contribution is -0.148. The van der Waals surface area contributed by atoms with Crippen molar-refractivity contribution in [2.24, 2.45) is 0 Å². The van der Waals surface area contributed by atoms with Gasteiger partial charge in [0.05, 0.1) is 28.5 Å². The zero-order valence-corrected chi connectivity index (χ0v) is 22.3. The van der Waals surface area contributed by atoms with Gasteiger partial charge in [0.15, 0.2) is 5.82 Å². The third-order valence-electron chi connectivity index (χ3n) is 8.77. The molecular formula is C29H33F3N2O5. The van der Waals surface area contributed by atoms with Gasteiger partial charge in [-0.15, -0.1) is 0 Å². The van der Waals surface area contributed by atoms with Crippen molar-refractivity contribution < 1.29 is 37.4 Å². The third-order valence-corrected chi connectivity index (χ3v) is 8.77. The monoisotopic (exact) mass is 546 g/mol. The van der Waals surface area contributed by atoms with Crippen LogP contribution in [-0.2, 0) is 30.9 Å². The van der Waals surface area contributed by atoms with E-state index in [1.54, 1.807) is 5.06 Å². The number of hydroxylamine groups is 1. The number of hydrogen-bond acceptors (Lipinski definition) is 7. The summed E-state index contributed by atoms with van der Waals surface area (Å²) in [4.78, 5) is 23.1. The van der Waals surface area contributed by atoms with E-state index in [0.717, 1.165) is 48.2 Å². The van der Waals surface area contributed by atoms with Crippen LogP contribution < -0.4 is 5.06 Å². The van der Waals surface area contributed by atoms with Crippen LogP contribution in [0.15, 0.2) is 24.3 Å². The van der Waals surface area contributed by atoms with Crippen molar-refractivity contribution in [3.63, 3.8) is 0 Å². The van der Waals surface area contributed by atoms with Crippen LogP contribution in [0, 0.1) is 0 Å². The lowest BCUT2D eigenvalue weighted by atomic mass is 9.68. The molecule has 2 spiro atoms. The molecule has 2 fully saturated rings. The van der Waals surface area contributed by atoms with Crippen LogP contribution in [0.1, 0.15) is 111 Å². The first-order valence-corrected chi connectivity index (χ1v) is 13.6. The average Bonchev–Trinajstić information content (AvgIpc) is 3.17. The van der Waals surface area contributed by atoms with Gasteiger partial charge < -0.3 is 19.4 Å². The Hall–Kier alpha value is -2.69. The highest BCUT2D eigenvalue weighted by atomic mass is 19.4. The number of aliphatic hydroxyl groups excluding tert-OH is 1. The van der Waals surface area contributed by atoms with Crippen molar-refractivity contribution in [3.8, 4) is 0 Å². The Morgan fingerprint density at radius 1 is 1.13 bits per heavy atom. The maximum absolute atomic E-state index is 13.3. The van der Waals surface area contributed by atoms with E-state index in [4.69, 9.17) is 19.3 Å². The van der Waals surface area contributed by atoms with E-state index >= 15 is 0 Å². The van der Waals surface area contributed by atoms with Crippen molar-refractivity contribution in [1.82, 2.24) is 4.98 Å². The number of carbonyl (C=O) groups excluding carboxylic acids is 1. The molecule has 7 nitrogen and oxygen atoms in total. The Balaban J connectivity index is 1.59. The summed E-state index contributed by atoms with van der Waals surface area (Å²) in [6.45, 7) is 6.25. The van der Waals surface area contributed by atoms with Crippen molar-refractivity contribution in [3.05, 3.63) is 57.8 Å². The highest BCUT2D eigenvalue weighted by Gasteiger charge is 2.57. The molecule has 2 atom stereocenters. The van der Waals surface area contributed by atoms with E-state index in [-0.39, 0.29) is 5.92 Å². The van der Waals surface area contributed by atoms with Crippen LogP contribution in [0.4, 0.5) is 19.0 Å². The van der Waals surface area contributed by atoms with E-state index in [1.807, 2.05) is 13.8 Å². The molecule has 4 aliphatic rings. The van der Waals surface area contributed by atoms with Gasteiger partial charge in [-0.2, -0.15) is 18.2 Å². The van der Waals surface area contributed by atoms with Gasteiger partial charge in [-0.25, -0.2) is 4.98 Å². The molecule has 1 aliphatic carbocycles. The first-order valence-electron chi connectivity index (χ1n) is 13.6. The summed E-state index contributed by atoms with van der Waals surface area (Å²) in [5.41, 5.74) is 1.46. The van der Waals surface area contributed by atoms with Crippen LogP contribution in [0.2, 0.25) is 0 Å². The van der Waals surface area contributed by atoms with Crippen molar-refractivity contribution in [2.45, 2.75) is 94.7 Å². The number of anilines is 1. The molecule has 4 heterocycles. The van der Waals surface area contributed by atoms with Crippen molar-refractivity contribution in [1.29, 1.82) is 0 Å². The molecule has 10 heteroatoms. The molecule has 1 N–H and O–H groups in total. The Morgan fingerprint density at radius 2 is 1.79 bits per heavy atom. The molecule has 2 unspecified atom stereocenters. The number of aliphatic hydroxyl groups is 1. The Kier molecular flexibility index (Phi) is 6.24. The number of nitrogens with zero attached hydrogens (tertiary/aromatic N) is 2. The number of rotatable bonds is 3. The zero-order chi connectivity index (χ0) is 27.7. The fourth-order valence-corrected chi connectivity index (χ4v) is 6.81. The SMILES string of the molecule is CC(=O)ON1c2nc(C(C)C)c3c(c2C(O)CC12CCC2)C1(CCOCC1)OC3c1ccc(C(F)(F)F)cc1. The van der Waals surface area contributed by atoms with Crippen LogP contribution in [0.25, 0.3) is 0 Å². The standard InChI is InChI=1S/C29H33F3N2O5/c1-16(2)24-22-23(21-20(36)15-27(9-4-10-27)34(26(21)33-24)39-17(3)35)28(11-13-37-14-12-28)38-25(22)18-5-7-19(8-6-18)29(30,31)32/h5-8,16,20,25,36H,4,9-15H2,1-3H3. The molecule has 1 saturated heterocycles. The average molecular weight is 547 g/mol. The summed E-state index contributed by atoms with van der Waals surface area (Å²) >= 11 is 0. The van der Waals surface area contributed by atoms with Gasteiger partial charge in [0.2, 0.25) is 0 Å². The number of benzene rings is 1. The molecule has 2 aromatic rings. The van der Waals surface area contributed by atoms with Gasteiger partial charge in [-0.3, -0.25) is 4.79 Å². The molecule has 1 saturated carbocycles. The van der Waals surface area contributed by atoms with Crippen LogP contribution in [0.3, 0.4) is 0 Å². The van der Waals surface area contributed by atoms with Crippen molar-refractivity contribution in [2.75, 3.05) is 18.3 Å². The van der Waals surface area contributed by atoms with Crippen LogP contribution >= 0.6 is 0 Å². The third kappa shape index (κ3) is 4.14. The highest BCUT2D eigenvalue weighted by molar-refractivity contribution is 5.70. The number of halogens is 3. The maximum atomic E-state index is 13.3. The normalized spacial score (nSPS) is 25.0. The second-order valence-electron chi connectivity index (χ2n) is 11.6. The number of pyridine rings is 1.